The van der Waals surface area contributed by atoms with Gasteiger partial charge in [-0.15, -0.1) is 0 Å². The molecular weight excluding hydrogens is 288 g/mol. The van der Waals surface area contributed by atoms with E-state index in [9.17, 15) is 4.79 Å². The monoisotopic (exact) mass is 316 g/mol. The first-order valence-electron chi connectivity index (χ1n) is 8.71. The molecule has 2 unspecified atom stereocenters. The Morgan fingerprint density at radius 2 is 2.17 bits per heavy atom. The van der Waals surface area contributed by atoms with E-state index in [1.807, 2.05) is 18.2 Å². The summed E-state index contributed by atoms with van der Waals surface area (Å²) in [5, 5.41) is 6.59. The maximum Gasteiger partial charge on any atom is 0.251 e. The quantitative estimate of drug-likeness (QED) is 0.881. The van der Waals surface area contributed by atoms with E-state index in [1.165, 1.54) is 6.42 Å². The van der Waals surface area contributed by atoms with E-state index >= 15 is 0 Å². The minimum Gasteiger partial charge on any atom is -0.492 e. The summed E-state index contributed by atoms with van der Waals surface area (Å²) in [4.78, 5) is 12.8. The molecule has 1 fully saturated rings. The third-order valence-electron chi connectivity index (χ3n) is 4.94. The van der Waals surface area contributed by atoms with Crippen molar-refractivity contribution in [2.45, 2.75) is 52.6 Å². The third kappa shape index (κ3) is 3.86. The van der Waals surface area contributed by atoms with E-state index in [1.54, 1.807) is 0 Å². The van der Waals surface area contributed by atoms with Crippen molar-refractivity contribution >= 4 is 5.91 Å². The number of ether oxygens (including phenoxy) is 1. The SMILES string of the molecule is CC1CC(NC(=O)c2cccc3c2CNCCO3)CC(C)(C)C1. The molecule has 0 aromatic heterocycles. The van der Waals surface area contributed by atoms with Crippen LogP contribution in [-0.4, -0.2) is 25.1 Å². The highest BCUT2D eigenvalue weighted by Gasteiger charge is 2.33. The fraction of sp³-hybridized carbons (Fsp3) is 0.632. The summed E-state index contributed by atoms with van der Waals surface area (Å²) in [6.45, 7) is 9.02. The molecule has 2 atom stereocenters. The first kappa shape index (κ1) is 16.3. The topological polar surface area (TPSA) is 50.4 Å². The maximum atomic E-state index is 12.8. The van der Waals surface area contributed by atoms with Gasteiger partial charge in [-0.1, -0.05) is 26.8 Å². The molecule has 1 aromatic carbocycles. The first-order valence-corrected chi connectivity index (χ1v) is 8.71. The molecular formula is C19H28N2O2. The van der Waals surface area contributed by atoms with Crippen LogP contribution in [0.15, 0.2) is 18.2 Å². The van der Waals surface area contributed by atoms with Crippen LogP contribution >= 0.6 is 0 Å². The van der Waals surface area contributed by atoms with Gasteiger partial charge in [0.25, 0.3) is 5.91 Å². The Morgan fingerprint density at radius 1 is 1.35 bits per heavy atom. The average Bonchev–Trinajstić information content (AvgIpc) is 2.69. The second-order valence-electron chi connectivity index (χ2n) is 7.89. The molecule has 0 radical (unpaired) electrons. The lowest BCUT2D eigenvalue weighted by Crippen LogP contribution is -2.43. The molecule has 2 N–H and O–H groups in total. The zero-order chi connectivity index (χ0) is 16.4. The van der Waals surface area contributed by atoms with E-state index in [4.69, 9.17) is 4.74 Å². The van der Waals surface area contributed by atoms with Gasteiger partial charge in [0, 0.05) is 30.3 Å². The van der Waals surface area contributed by atoms with Gasteiger partial charge in [0.1, 0.15) is 12.4 Å². The lowest BCUT2D eigenvalue weighted by Gasteiger charge is -2.39. The normalized spacial score (nSPS) is 26.6. The molecule has 4 nitrogen and oxygen atoms in total. The van der Waals surface area contributed by atoms with Crippen LogP contribution in [0.3, 0.4) is 0 Å². The highest BCUT2D eigenvalue weighted by molar-refractivity contribution is 5.96. The maximum absolute atomic E-state index is 12.8. The van der Waals surface area contributed by atoms with Crippen molar-refractivity contribution in [3.8, 4) is 5.75 Å². The zero-order valence-corrected chi connectivity index (χ0v) is 14.4. The van der Waals surface area contributed by atoms with Crippen molar-refractivity contribution in [1.29, 1.82) is 0 Å². The Morgan fingerprint density at radius 3 is 2.96 bits per heavy atom. The number of benzene rings is 1. The largest absolute Gasteiger partial charge is 0.492 e. The second-order valence-corrected chi connectivity index (χ2v) is 7.89. The predicted molar refractivity (Wildman–Crippen MR) is 91.7 cm³/mol. The molecule has 0 bridgehead atoms. The zero-order valence-electron chi connectivity index (χ0n) is 14.4. The summed E-state index contributed by atoms with van der Waals surface area (Å²) in [6, 6.07) is 6.02. The molecule has 1 amide bonds. The van der Waals surface area contributed by atoms with Crippen molar-refractivity contribution in [2.75, 3.05) is 13.2 Å². The van der Waals surface area contributed by atoms with Crippen molar-refractivity contribution < 1.29 is 9.53 Å². The summed E-state index contributed by atoms with van der Waals surface area (Å²) in [5.74, 6) is 1.52. The number of amides is 1. The molecule has 23 heavy (non-hydrogen) atoms. The smallest absolute Gasteiger partial charge is 0.251 e. The van der Waals surface area contributed by atoms with Crippen LogP contribution in [-0.2, 0) is 6.54 Å². The Balaban J connectivity index is 1.76. The molecule has 0 spiro atoms. The Kier molecular flexibility index (Phi) is 4.62. The van der Waals surface area contributed by atoms with Crippen LogP contribution < -0.4 is 15.4 Å². The summed E-state index contributed by atoms with van der Waals surface area (Å²) >= 11 is 0. The van der Waals surface area contributed by atoms with E-state index in [-0.39, 0.29) is 11.9 Å². The Bertz CT molecular complexity index is 583. The van der Waals surface area contributed by atoms with Crippen LogP contribution in [0.4, 0.5) is 0 Å². The van der Waals surface area contributed by atoms with E-state index in [0.717, 1.165) is 36.3 Å². The van der Waals surface area contributed by atoms with E-state index < -0.39 is 0 Å². The predicted octanol–water partition coefficient (Wildman–Crippen LogP) is 3.11. The number of rotatable bonds is 2. The molecule has 1 aliphatic carbocycles. The van der Waals surface area contributed by atoms with E-state index in [0.29, 0.717) is 24.5 Å². The van der Waals surface area contributed by atoms with Gasteiger partial charge in [-0.25, -0.2) is 0 Å². The summed E-state index contributed by atoms with van der Waals surface area (Å²) in [7, 11) is 0. The fourth-order valence-electron chi connectivity index (χ4n) is 4.26. The molecule has 2 aliphatic rings. The molecule has 1 aliphatic heterocycles. The highest BCUT2D eigenvalue weighted by Crippen LogP contribution is 2.38. The van der Waals surface area contributed by atoms with Gasteiger partial charge in [-0.3, -0.25) is 4.79 Å². The number of carbonyl (C=O) groups is 1. The van der Waals surface area contributed by atoms with Crippen molar-refractivity contribution in [3.63, 3.8) is 0 Å². The molecule has 3 rings (SSSR count). The van der Waals surface area contributed by atoms with Gasteiger partial charge < -0.3 is 15.4 Å². The van der Waals surface area contributed by atoms with Crippen molar-refractivity contribution in [2.24, 2.45) is 11.3 Å². The lowest BCUT2D eigenvalue weighted by atomic mass is 9.70. The van der Waals surface area contributed by atoms with Gasteiger partial charge >= 0.3 is 0 Å². The van der Waals surface area contributed by atoms with Crippen molar-refractivity contribution in [1.82, 2.24) is 10.6 Å². The van der Waals surface area contributed by atoms with Gasteiger partial charge in [-0.05, 0) is 42.7 Å². The van der Waals surface area contributed by atoms with Gasteiger partial charge in [-0.2, -0.15) is 0 Å². The number of carbonyl (C=O) groups excluding carboxylic acids is 1. The summed E-state index contributed by atoms with van der Waals surface area (Å²) < 4.78 is 5.74. The second kappa shape index (κ2) is 6.52. The third-order valence-corrected chi connectivity index (χ3v) is 4.94. The number of nitrogens with one attached hydrogen (secondary N) is 2. The number of hydrogen-bond acceptors (Lipinski definition) is 3. The Labute approximate surface area is 139 Å². The molecule has 1 aromatic rings. The van der Waals surface area contributed by atoms with Crippen molar-refractivity contribution in [3.05, 3.63) is 29.3 Å². The number of fused-ring (bicyclic) bond motifs is 1. The van der Waals surface area contributed by atoms with Gasteiger partial charge in [0.2, 0.25) is 0 Å². The van der Waals surface area contributed by atoms with Gasteiger partial charge in [0.05, 0.1) is 0 Å². The minimum absolute atomic E-state index is 0.0315. The molecule has 1 saturated carbocycles. The highest BCUT2D eigenvalue weighted by atomic mass is 16.5. The lowest BCUT2D eigenvalue weighted by molar-refractivity contribution is 0.0873. The van der Waals surface area contributed by atoms with Crippen LogP contribution in [0.5, 0.6) is 5.75 Å². The minimum atomic E-state index is 0.0315. The number of hydrogen-bond donors (Lipinski definition) is 2. The summed E-state index contributed by atoms with van der Waals surface area (Å²) in [5.41, 5.74) is 2.02. The molecule has 0 saturated heterocycles. The molecule has 1 heterocycles. The van der Waals surface area contributed by atoms with Crippen LogP contribution in [0.2, 0.25) is 0 Å². The average molecular weight is 316 g/mol. The van der Waals surface area contributed by atoms with Gasteiger partial charge in [0.15, 0.2) is 0 Å². The van der Waals surface area contributed by atoms with Crippen LogP contribution in [0, 0.1) is 11.3 Å². The summed E-state index contributed by atoms with van der Waals surface area (Å²) in [6.07, 6.45) is 3.35. The van der Waals surface area contributed by atoms with Crippen LogP contribution in [0.1, 0.15) is 56.0 Å². The van der Waals surface area contributed by atoms with E-state index in [2.05, 4.69) is 31.4 Å². The van der Waals surface area contributed by atoms with Crippen LogP contribution in [0.25, 0.3) is 0 Å². The Hall–Kier alpha value is -1.55. The standard InChI is InChI=1S/C19H28N2O2/c1-13-9-14(11-19(2,3)10-13)21-18(22)15-5-4-6-17-16(15)12-20-7-8-23-17/h4-6,13-14,20H,7-12H2,1-3H3,(H,21,22). The molecule has 126 valence electrons. The molecule has 4 heteroatoms. The fourth-order valence-corrected chi connectivity index (χ4v) is 4.26. The first-order chi connectivity index (χ1) is 10.9.